The first-order chi connectivity index (χ1) is 13.1. The number of amides is 1. The van der Waals surface area contributed by atoms with Crippen LogP contribution in [0.5, 0.6) is 0 Å². The fourth-order valence-corrected chi connectivity index (χ4v) is 3.67. The van der Waals surface area contributed by atoms with Gasteiger partial charge in [-0.3, -0.25) is 9.79 Å². The van der Waals surface area contributed by atoms with Crippen molar-refractivity contribution in [2.45, 2.75) is 45.6 Å². The van der Waals surface area contributed by atoms with E-state index in [2.05, 4.69) is 20.9 Å². The van der Waals surface area contributed by atoms with Crippen LogP contribution in [0.25, 0.3) is 0 Å². The largest absolute Gasteiger partial charge is 0.385 e. The molecule has 1 aliphatic rings. The van der Waals surface area contributed by atoms with Crippen molar-refractivity contribution in [3.63, 3.8) is 0 Å². The molecule has 1 fully saturated rings. The van der Waals surface area contributed by atoms with Gasteiger partial charge < -0.3 is 20.7 Å². The third kappa shape index (κ3) is 7.58. The fraction of sp³-hybridized carbons (Fsp3) is 0.619. The van der Waals surface area contributed by atoms with Crippen LogP contribution in [0.1, 0.15) is 54.9 Å². The van der Waals surface area contributed by atoms with E-state index in [4.69, 9.17) is 4.74 Å². The molecule has 1 amide bonds. The molecule has 0 aromatic heterocycles. The van der Waals surface area contributed by atoms with Gasteiger partial charge in [0.1, 0.15) is 0 Å². The third-order valence-corrected chi connectivity index (χ3v) is 5.37. The van der Waals surface area contributed by atoms with Crippen molar-refractivity contribution < 1.29 is 9.53 Å². The standard InChI is InChI=1S/C21H34N4O2.HI/c1-4-23-19(26)18-9-7-17(8-10-18)15-24-20(22-2)25-16-21(13-14-27-3)11-5-6-12-21;/h7-10H,4-6,11-16H2,1-3H3,(H,23,26)(H2,22,24,25);1H. The predicted molar refractivity (Wildman–Crippen MR) is 125 cm³/mol. The van der Waals surface area contributed by atoms with Gasteiger partial charge >= 0.3 is 0 Å². The lowest BCUT2D eigenvalue weighted by molar-refractivity contribution is 0.0956. The first kappa shape index (κ1) is 24.7. The Labute approximate surface area is 186 Å². The number of rotatable bonds is 9. The minimum Gasteiger partial charge on any atom is -0.385 e. The molecule has 158 valence electrons. The number of hydrogen-bond acceptors (Lipinski definition) is 3. The van der Waals surface area contributed by atoms with E-state index in [0.717, 1.165) is 31.1 Å². The number of aliphatic imine (C=N–C) groups is 1. The second-order valence-electron chi connectivity index (χ2n) is 7.29. The van der Waals surface area contributed by atoms with Crippen LogP contribution in [0.3, 0.4) is 0 Å². The summed E-state index contributed by atoms with van der Waals surface area (Å²) in [6, 6.07) is 7.66. The Bertz CT molecular complexity index is 613. The minimum absolute atomic E-state index is 0. The summed E-state index contributed by atoms with van der Waals surface area (Å²) in [7, 11) is 3.57. The van der Waals surface area contributed by atoms with Crippen molar-refractivity contribution in [2.24, 2.45) is 10.4 Å². The van der Waals surface area contributed by atoms with Crippen LogP contribution < -0.4 is 16.0 Å². The zero-order valence-corrected chi connectivity index (χ0v) is 19.7. The van der Waals surface area contributed by atoms with Crippen molar-refractivity contribution >= 4 is 35.8 Å². The molecular formula is C21H35IN4O2. The summed E-state index contributed by atoms with van der Waals surface area (Å²) in [4.78, 5) is 16.2. The summed E-state index contributed by atoms with van der Waals surface area (Å²) in [5, 5.41) is 9.67. The van der Waals surface area contributed by atoms with Gasteiger partial charge in [-0.25, -0.2) is 0 Å². The highest BCUT2D eigenvalue weighted by molar-refractivity contribution is 14.0. The molecule has 0 unspecified atom stereocenters. The molecule has 6 nitrogen and oxygen atoms in total. The highest BCUT2D eigenvalue weighted by Crippen LogP contribution is 2.40. The van der Waals surface area contributed by atoms with Gasteiger partial charge in [-0.05, 0) is 49.3 Å². The van der Waals surface area contributed by atoms with E-state index in [0.29, 0.717) is 24.1 Å². The van der Waals surface area contributed by atoms with Crippen molar-refractivity contribution in [3.05, 3.63) is 35.4 Å². The van der Waals surface area contributed by atoms with E-state index in [-0.39, 0.29) is 29.9 Å². The number of nitrogens with one attached hydrogen (secondary N) is 3. The summed E-state index contributed by atoms with van der Waals surface area (Å²) in [6.45, 7) is 4.95. The topological polar surface area (TPSA) is 74.8 Å². The monoisotopic (exact) mass is 502 g/mol. The second-order valence-corrected chi connectivity index (χ2v) is 7.29. The molecule has 28 heavy (non-hydrogen) atoms. The maximum Gasteiger partial charge on any atom is 0.251 e. The number of benzene rings is 1. The van der Waals surface area contributed by atoms with E-state index in [9.17, 15) is 4.79 Å². The number of methoxy groups -OCH3 is 1. The van der Waals surface area contributed by atoms with Crippen LogP contribution in [-0.2, 0) is 11.3 Å². The quantitative estimate of drug-likeness (QED) is 0.275. The van der Waals surface area contributed by atoms with Gasteiger partial charge in [-0.15, -0.1) is 24.0 Å². The second kappa shape index (κ2) is 13.0. The summed E-state index contributed by atoms with van der Waals surface area (Å²) >= 11 is 0. The average molecular weight is 502 g/mol. The van der Waals surface area contributed by atoms with E-state index in [1.165, 1.54) is 25.7 Å². The van der Waals surface area contributed by atoms with Crippen molar-refractivity contribution in [2.75, 3.05) is 33.9 Å². The number of hydrogen-bond donors (Lipinski definition) is 3. The average Bonchev–Trinajstić information content (AvgIpc) is 3.16. The van der Waals surface area contributed by atoms with Crippen LogP contribution in [0.4, 0.5) is 0 Å². The van der Waals surface area contributed by atoms with Gasteiger partial charge in [0, 0.05) is 46.0 Å². The highest BCUT2D eigenvalue weighted by Gasteiger charge is 2.33. The molecule has 0 spiro atoms. The molecule has 0 atom stereocenters. The molecule has 0 saturated heterocycles. The zero-order chi connectivity index (χ0) is 19.5. The number of carbonyl (C=O) groups is 1. The lowest BCUT2D eigenvalue weighted by Crippen LogP contribution is -2.43. The molecule has 1 saturated carbocycles. The third-order valence-electron chi connectivity index (χ3n) is 5.37. The van der Waals surface area contributed by atoms with Gasteiger partial charge in [-0.2, -0.15) is 0 Å². The molecule has 7 heteroatoms. The lowest BCUT2D eigenvalue weighted by atomic mass is 9.83. The van der Waals surface area contributed by atoms with E-state index < -0.39 is 0 Å². The van der Waals surface area contributed by atoms with Crippen molar-refractivity contribution in [1.82, 2.24) is 16.0 Å². The van der Waals surface area contributed by atoms with Gasteiger partial charge in [0.2, 0.25) is 0 Å². The Morgan fingerprint density at radius 3 is 2.39 bits per heavy atom. The van der Waals surface area contributed by atoms with Crippen molar-refractivity contribution in [1.29, 1.82) is 0 Å². The normalized spacial score (nSPS) is 15.6. The highest BCUT2D eigenvalue weighted by atomic mass is 127. The number of ether oxygens (including phenoxy) is 1. The molecule has 0 radical (unpaired) electrons. The first-order valence-electron chi connectivity index (χ1n) is 9.93. The molecule has 2 rings (SSSR count). The number of guanidine groups is 1. The van der Waals surface area contributed by atoms with Crippen LogP contribution in [0.15, 0.2) is 29.3 Å². The minimum atomic E-state index is -0.0348. The van der Waals surface area contributed by atoms with E-state index >= 15 is 0 Å². The van der Waals surface area contributed by atoms with Gasteiger partial charge in [0.05, 0.1) is 0 Å². The van der Waals surface area contributed by atoms with Crippen molar-refractivity contribution in [3.8, 4) is 0 Å². The molecule has 1 aromatic carbocycles. The molecule has 1 aliphatic carbocycles. The molecule has 0 aliphatic heterocycles. The molecule has 0 heterocycles. The smallest absolute Gasteiger partial charge is 0.251 e. The zero-order valence-electron chi connectivity index (χ0n) is 17.3. The summed E-state index contributed by atoms with van der Waals surface area (Å²) in [5.74, 6) is 0.777. The van der Waals surface area contributed by atoms with E-state index in [1.54, 1.807) is 14.2 Å². The Balaban J connectivity index is 0.00000392. The van der Waals surface area contributed by atoms with E-state index in [1.807, 2.05) is 31.2 Å². The maximum absolute atomic E-state index is 11.8. The molecule has 3 N–H and O–H groups in total. The summed E-state index contributed by atoms with van der Waals surface area (Å²) in [5.41, 5.74) is 2.12. The van der Waals surface area contributed by atoms with Crippen LogP contribution in [-0.4, -0.2) is 45.7 Å². The Morgan fingerprint density at radius 1 is 1.14 bits per heavy atom. The summed E-state index contributed by atoms with van der Waals surface area (Å²) < 4.78 is 5.31. The Morgan fingerprint density at radius 2 is 1.82 bits per heavy atom. The fourth-order valence-electron chi connectivity index (χ4n) is 3.67. The Kier molecular flexibility index (Phi) is 11.4. The van der Waals surface area contributed by atoms with Crippen LogP contribution in [0, 0.1) is 5.41 Å². The lowest BCUT2D eigenvalue weighted by Gasteiger charge is -2.30. The number of halogens is 1. The van der Waals surface area contributed by atoms with Crippen LogP contribution in [0.2, 0.25) is 0 Å². The van der Waals surface area contributed by atoms with Gasteiger partial charge in [-0.1, -0.05) is 25.0 Å². The first-order valence-corrected chi connectivity index (χ1v) is 9.93. The number of carbonyl (C=O) groups excluding carboxylic acids is 1. The predicted octanol–water partition coefficient (Wildman–Crippen LogP) is 3.32. The maximum atomic E-state index is 11.8. The van der Waals surface area contributed by atoms with Gasteiger partial charge in [0.15, 0.2) is 5.96 Å². The number of nitrogens with zero attached hydrogens (tertiary/aromatic N) is 1. The molecular weight excluding hydrogens is 467 g/mol. The molecule has 0 bridgehead atoms. The summed E-state index contributed by atoms with van der Waals surface area (Å²) in [6.07, 6.45) is 6.20. The van der Waals surface area contributed by atoms with Gasteiger partial charge in [0.25, 0.3) is 5.91 Å². The SMILES string of the molecule is CCNC(=O)c1ccc(CNC(=NC)NCC2(CCOC)CCCC2)cc1.I. The molecule has 1 aromatic rings. The van der Waals surface area contributed by atoms with Crippen LogP contribution >= 0.6 is 24.0 Å². The Hall–Kier alpha value is -1.35.